The van der Waals surface area contributed by atoms with Gasteiger partial charge in [-0.2, -0.15) is 23.5 Å². The van der Waals surface area contributed by atoms with Gasteiger partial charge in [0.25, 0.3) is 0 Å². The molecule has 0 aliphatic carbocycles. The van der Waals surface area contributed by atoms with Crippen molar-refractivity contribution in [2.75, 3.05) is 51.1 Å². The number of hydrogen-bond donors (Lipinski definition) is 2. The number of rotatable bonds is 15. The standard InChI is InChI=1S/C23H32N2O3S2/c1-27-21-7-3-19(4-8-21)11-14-29-15-12-24-17-23(26)25-13-16-30-18-20-5-9-22(28-2)10-6-20/h3-10,24H,11-18H2,1-2H3,(H,25,26). The lowest BCUT2D eigenvalue weighted by Crippen LogP contribution is -2.35. The topological polar surface area (TPSA) is 59.6 Å². The van der Waals surface area contributed by atoms with Gasteiger partial charge in [0.15, 0.2) is 0 Å². The summed E-state index contributed by atoms with van der Waals surface area (Å²) in [5, 5.41) is 6.17. The van der Waals surface area contributed by atoms with E-state index in [4.69, 9.17) is 9.47 Å². The molecule has 0 saturated carbocycles. The maximum Gasteiger partial charge on any atom is 0.233 e. The van der Waals surface area contributed by atoms with Crippen LogP contribution >= 0.6 is 23.5 Å². The Labute approximate surface area is 188 Å². The van der Waals surface area contributed by atoms with E-state index in [1.54, 1.807) is 14.2 Å². The van der Waals surface area contributed by atoms with E-state index in [-0.39, 0.29) is 5.91 Å². The Morgan fingerprint density at radius 1 is 0.800 bits per heavy atom. The Morgan fingerprint density at radius 2 is 1.40 bits per heavy atom. The summed E-state index contributed by atoms with van der Waals surface area (Å²) < 4.78 is 10.3. The molecule has 0 atom stereocenters. The summed E-state index contributed by atoms with van der Waals surface area (Å²) in [7, 11) is 3.35. The zero-order valence-corrected chi connectivity index (χ0v) is 19.4. The summed E-state index contributed by atoms with van der Waals surface area (Å²) in [6.45, 7) is 1.91. The number of thioether (sulfide) groups is 2. The van der Waals surface area contributed by atoms with E-state index < -0.39 is 0 Å². The molecule has 7 heteroatoms. The smallest absolute Gasteiger partial charge is 0.233 e. The Balaban J connectivity index is 1.40. The zero-order valence-electron chi connectivity index (χ0n) is 17.8. The molecule has 0 aliphatic heterocycles. The Bertz CT molecular complexity index is 724. The maximum atomic E-state index is 11.9. The molecule has 2 rings (SSSR count). The van der Waals surface area contributed by atoms with Crippen molar-refractivity contribution in [3.63, 3.8) is 0 Å². The lowest BCUT2D eigenvalue weighted by molar-refractivity contribution is -0.120. The van der Waals surface area contributed by atoms with E-state index in [0.29, 0.717) is 13.1 Å². The van der Waals surface area contributed by atoms with Crippen molar-refractivity contribution < 1.29 is 14.3 Å². The monoisotopic (exact) mass is 448 g/mol. The fourth-order valence-electron chi connectivity index (χ4n) is 2.67. The van der Waals surface area contributed by atoms with Gasteiger partial charge < -0.3 is 20.1 Å². The Morgan fingerprint density at radius 3 is 2.03 bits per heavy atom. The van der Waals surface area contributed by atoms with Crippen LogP contribution < -0.4 is 20.1 Å². The predicted octanol–water partition coefficient (Wildman–Crippen LogP) is 3.62. The van der Waals surface area contributed by atoms with E-state index in [1.807, 2.05) is 47.8 Å². The van der Waals surface area contributed by atoms with Gasteiger partial charge in [0, 0.05) is 30.3 Å². The minimum Gasteiger partial charge on any atom is -0.497 e. The van der Waals surface area contributed by atoms with Crippen LogP contribution in [0.2, 0.25) is 0 Å². The van der Waals surface area contributed by atoms with Crippen molar-refractivity contribution in [3.8, 4) is 11.5 Å². The number of nitrogens with one attached hydrogen (secondary N) is 2. The normalized spacial score (nSPS) is 10.6. The molecule has 0 aliphatic rings. The quantitative estimate of drug-likeness (QED) is 0.406. The number of ether oxygens (including phenoxy) is 2. The number of amides is 1. The van der Waals surface area contributed by atoms with Crippen molar-refractivity contribution in [3.05, 3.63) is 59.7 Å². The Kier molecular flexibility index (Phi) is 12.3. The predicted molar refractivity (Wildman–Crippen MR) is 129 cm³/mol. The summed E-state index contributed by atoms with van der Waals surface area (Å²) in [6.07, 6.45) is 1.04. The van der Waals surface area contributed by atoms with Crippen molar-refractivity contribution in [1.29, 1.82) is 0 Å². The highest BCUT2D eigenvalue weighted by molar-refractivity contribution is 7.99. The van der Waals surface area contributed by atoms with Crippen LogP contribution in [0.3, 0.4) is 0 Å². The van der Waals surface area contributed by atoms with Gasteiger partial charge in [-0.1, -0.05) is 24.3 Å². The molecule has 2 aromatic rings. The molecule has 2 aromatic carbocycles. The first-order chi connectivity index (χ1) is 14.7. The molecule has 2 N–H and O–H groups in total. The SMILES string of the molecule is COc1ccc(CCSCCNCC(=O)NCCSCc2ccc(OC)cc2)cc1. The van der Waals surface area contributed by atoms with Gasteiger partial charge in [-0.05, 0) is 47.6 Å². The number of carbonyl (C=O) groups is 1. The van der Waals surface area contributed by atoms with E-state index >= 15 is 0 Å². The second-order valence-electron chi connectivity index (χ2n) is 6.64. The molecule has 0 spiro atoms. The molecule has 0 unspecified atom stereocenters. The van der Waals surface area contributed by atoms with E-state index in [9.17, 15) is 4.79 Å². The average molecular weight is 449 g/mol. The van der Waals surface area contributed by atoms with Crippen molar-refractivity contribution in [2.45, 2.75) is 12.2 Å². The van der Waals surface area contributed by atoms with Crippen LogP contribution in [0.15, 0.2) is 48.5 Å². The van der Waals surface area contributed by atoms with Crippen LogP contribution in [0.5, 0.6) is 11.5 Å². The fraction of sp³-hybridized carbons (Fsp3) is 0.435. The molecule has 0 heterocycles. The summed E-state index contributed by atoms with van der Waals surface area (Å²) in [5.74, 6) is 5.74. The largest absolute Gasteiger partial charge is 0.497 e. The molecule has 0 aromatic heterocycles. The van der Waals surface area contributed by atoms with Crippen LogP contribution in [0, 0.1) is 0 Å². The molecule has 5 nitrogen and oxygen atoms in total. The molecule has 164 valence electrons. The molecule has 0 radical (unpaired) electrons. The third-order valence-corrected chi connectivity index (χ3v) is 6.42. The lowest BCUT2D eigenvalue weighted by Gasteiger charge is -2.07. The van der Waals surface area contributed by atoms with Crippen molar-refractivity contribution in [2.24, 2.45) is 0 Å². The minimum absolute atomic E-state index is 0.0586. The molecule has 30 heavy (non-hydrogen) atoms. The summed E-state index contributed by atoms with van der Waals surface area (Å²) >= 11 is 3.71. The molecule has 0 fully saturated rings. The number of hydrogen-bond acceptors (Lipinski definition) is 6. The highest BCUT2D eigenvalue weighted by Crippen LogP contribution is 2.16. The number of aryl methyl sites for hydroxylation is 1. The highest BCUT2D eigenvalue weighted by atomic mass is 32.2. The van der Waals surface area contributed by atoms with Gasteiger partial charge in [-0.3, -0.25) is 4.79 Å². The minimum atomic E-state index is 0.0586. The van der Waals surface area contributed by atoms with Gasteiger partial charge in [-0.25, -0.2) is 0 Å². The van der Waals surface area contributed by atoms with Gasteiger partial charge in [-0.15, -0.1) is 0 Å². The molecule has 0 bridgehead atoms. The fourth-order valence-corrected chi connectivity index (χ4v) is 4.36. The number of benzene rings is 2. The molecular formula is C23H32N2O3S2. The zero-order chi connectivity index (χ0) is 21.4. The van der Waals surface area contributed by atoms with Gasteiger partial charge in [0.1, 0.15) is 11.5 Å². The second-order valence-corrected chi connectivity index (χ2v) is 8.97. The summed E-state index contributed by atoms with van der Waals surface area (Å²) in [4.78, 5) is 11.9. The third kappa shape index (κ3) is 10.3. The van der Waals surface area contributed by atoms with Crippen molar-refractivity contribution >= 4 is 29.4 Å². The van der Waals surface area contributed by atoms with Crippen LogP contribution in [-0.2, 0) is 17.0 Å². The van der Waals surface area contributed by atoms with Crippen LogP contribution in [0.4, 0.5) is 0 Å². The first-order valence-electron chi connectivity index (χ1n) is 10.1. The third-order valence-electron chi connectivity index (χ3n) is 4.40. The van der Waals surface area contributed by atoms with E-state index in [2.05, 4.69) is 34.9 Å². The van der Waals surface area contributed by atoms with Crippen LogP contribution in [0.25, 0.3) is 0 Å². The van der Waals surface area contributed by atoms with Crippen LogP contribution in [-0.4, -0.2) is 57.0 Å². The van der Waals surface area contributed by atoms with E-state index in [0.717, 1.165) is 47.5 Å². The van der Waals surface area contributed by atoms with Gasteiger partial charge in [0.2, 0.25) is 5.91 Å². The van der Waals surface area contributed by atoms with Crippen molar-refractivity contribution in [1.82, 2.24) is 10.6 Å². The molecular weight excluding hydrogens is 416 g/mol. The highest BCUT2D eigenvalue weighted by Gasteiger charge is 2.01. The summed E-state index contributed by atoms with van der Waals surface area (Å²) in [5.41, 5.74) is 2.58. The van der Waals surface area contributed by atoms with E-state index in [1.165, 1.54) is 11.1 Å². The Hall–Kier alpha value is -1.83. The van der Waals surface area contributed by atoms with Crippen LogP contribution in [0.1, 0.15) is 11.1 Å². The average Bonchev–Trinajstić information content (AvgIpc) is 2.79. The number of carbonyl (C=O) groups excluding carboxylic acids is 1. The first-order valence-corrected chi connectivity index (χ1v) is 12.4. The molecule has 0 saturated heterocycles. The first kappa shape index (κ1) is 24.4. The number of methoxy groups -OCH3 is 2. The van der Waals surface area contributed by atoms with Gasteiger partial charge in [0.05, 0.1) is 20.8 Å². The van der Waals surface area contributed by atoms with Gasteiger partial charge >= 0.3 is 0 Å². The summed E-state index contributed by atoms with van der Waals surface area (Å²) in [6, 6.07) is 16.3. The molecule has 1 amide bonds. The maximum absolute atomic E-state index is 11.9. The second kappa shape index (κ2) is 15.0. The lowest BCUT2D eigenvalue weighted by atomic mass is 10.2.